The van der Waals surface area contributed by atoms with Crippen LogP contribution in [0.4, 0.5) is 23.2 Å². The summed E-state index contributed by atoms with van der Waals surface area (Å²) in [6.45, 7) is 0.831. The van der Waals surface area contributed by atoms with E-state index in [1.807, 2.05) is 4.90 Å². The number of anilines is 1. The van der Waals surface area contributed by atoms with Crippen LogP contribution in [-0.4, -0.2) is 42.4 Å². The Balaban J connectivity index is 1.80. The molecule has 0 saturated carbocycles. The molecular formula is C28H22F4N4O2. The third kappa shape index (κ3) is 4.40. The molecule has 2 atom stereocenters. The Bertz CT molecular complexity index is 1580. The monoisotopic (exact) mass is 522 g/mol. The van der Waals surface area contributed by atoms with E-state index in [0.717, 1.165) is 6.07 Å². The average molecular weight is 523 g/mol. The Morgan fingerprint density at radius 3 is 2.50 bits per heavy atom. The number of hydrogen-bond acceptors (Lipinski definition) is 6. The number of fused-ring (bicyclic) bond motifs is 1. The molecule has 0 spiro atoms. The first-order chi connectivity index (χ1) is 18.2. The lowest BCUT2D eigenvalue weighted by Gasteiger charge is -2.38. The maximum absolute atomic E-state index is 14.9. The van der Waals surface area contributed by atoms with Gasteiger partial charge < -0.3 is 20.5 Å². The summed E-state index contributed by atoms with van der Waals surface area (Å²) in [5.41, 5.74) is 7.03. The first-order valence-electron chi connectivity index (χ1n) is 11.8. The van der Waals surface area contributed by atoms with Crippen LogP contribution < -0.4 is 10.6 Å². The molecule has 3 N–H and O–H groups in total. The van der Waals surface area contributed by atoms with Crippen LogP contribution in [0.1, 0.15) is 12.0 Å². The van der Waals surface area contributed by atoms with Gasteiger partial charge in [-0.1, -0.05) is 6.07 Å². The summed E-state index contributed by atoms with van der Waals surface area (Å²) in [4.78, 5) is 6.40. The van der Waals surface area contributed by atoms with Gasteiger partial charge in [-0.15, -0.1) is 0 Å². The van der Waals surface area contributed by atoms with Gasteiger partial charge in [0.2, 0.25) is 0 Å². The minimum Gasteiger partial charge on any atom is -0.506 e. The first kappa shape index (κ1) is 25.4. The van der Waals surface area contributed by atoms with Crippen LogP contribution in [0.25, 0.3) is 33.2 Å². The van der Waals surface area contributed by atoms with Crippen molar-refractivity contribution in [1.82, 2.24) is 4.98 Å². The quantitative estimate of drug-likeness (QED) is 0.356. The molecule has 10 heteroatoms. The molecule has 5 rings (SSSR count). The smallest absolute Gasteiger partial charge is 0.170 e. The summed E-state index contributed by atoms with van der Waals surface area (Å²) in [5, 5.41) is 20.3. The largest absolute Gasteiger partial charge is 0.506 e. The summed E-state index contributed by atoms with van der Waals surface area (Å²) in [6, 6.07) is 9.69. The molecule has 1 fully saturated rings. The van der Waals surface area contributed by atoms with E-state index in [4.69, 9.17) is 10.5 Å². The molecule has 1 aliphatic heterocycles. The average Bonchev–Trinajstić information content (AvgIpc) is 2.90. The van der Waals surface area contributed by atoms with Gasteiger partial charge in [-0.2, -0.15) is 5.26 Å². The van der Waals surface area contributed by atoms with Crippen LogP contribution in [0.15, 0.2) is 48.7 Å². The zero-order valence-corrected chi connectivity index (χ0v) is 20.2. The lowest BCUT2D eigenvalue weighted by molar-refractivity contribution is 0.0731. The third-order valence-corrected chi connectivity index (χ3v) is 6.84. The van der Waals surface area contributed by atoms with E-state index in [9.17, 15) is 27.9 Å². The van der Waals surface area contributed by atoms with Gasteiger partial charge in [-0.25, -0.2) is 17.6 Å². The molecule has 194 valence electrons. The van der Waals surface area contributed by atoms with Gasteiger partial charge in [0.15, 0.2) is 11.6 Å². The van der Waals surface area contributed by atoms with Crippen LogP contribution >= 0.6 is 0 Å². The second-order valence-electron chi connectivity index (χ2n) is 9.14. The van der Waals surface area contributed by atoms with Gasteiger partial charge in [-0.05, 0) is 47.9 Å². The topological polar surface area (TPSA) is 95.4 Å². The molecule has 0 amide bonds. The van der Waals surface area contributed by atoms with E-state index in [1.54, 1.807) is 19.2 Å². The van der Waals surface area contributed by atoms with Crippen molar-refractivity contribution < 1.29 is 27.4 Å². The number of phenols is 1. The fraction of sp³-hybridized carbons (Fsp3) is 0.214. The van der Waals surface area contributed by atoms with Crippen molar-refractivity contribution in [2.75, 3.05) is 25.1 Å². The van der Waals surface area contributed by atoms with E-state index >= 15 is 0 Å². The second kappa shape index (κ2) is 9.93. The number of methoxy groups -OCH3 is 1. The molecule has 6 nitrogen and oxygen atoms in total. The number of pyridine rings is 1. The van der Waals surface area contributed by atoms with E-state index < -0.39 is 40.1 Å². The Hall–Kier alpha value is -4.20. The zero-order valence-electron chi connectivity index (χ0n) is 20.2. The van der Waals surface area contributed by atoms with E-state index in [1.165, 1.54) is 30.5 Å². The molecule has 1 aromatic heterocycles. The van der Waals surface area contributed by atoms with Gasteiger partial charge in [0, 0.05) is 49.5 Å². The van der Waals surface area contributed by atoms with Crippen molar-refractivity contribution in [3.63, 3.8) is 0 Å². The summed E-state index contributed by atoms with van der Waals surface area (Å²) in [7, 11) is 1.54. The van der Waals surface area contributed by atoms with Crippen molar-refractivity contribution in [1.29, 1.82) is 5.26 Å². The van der Waals surface area contributed by atoms with Gasteiger partial charge in [0.05, 0.1) is 28.4 Å². The van der Waals surface area contributed by atoms with Crippen LogP contribution in [0.2, 0.25) is 0 Å². The van der Waals surface area contributed by atoms with Gasteiger partial charge in [-0.3, -0.25) is 4.98 Å². The maximum Gasteiger partial charge on any atom is 0.170 e. The number of rotatable bonds is 4. The summed E-state index contributed by atoms with van der Waals surface area (Å²) in [6.07, 6.45) is 1.72. The lowest BCUT2D eigenvalue weighted by Crippen LogP contribution is -2.51. The predicted molar refractivity (Wildman–Crippen MR) is 134 cm³/mol. The number of nitrogens with zero attached hydrogens (tertiary/aromatic N) is 3. The predicted octanol–water partition coefficient (Wildman–Crippen LogP) is 5.25. The molecule has 0 bridgehead atoms. The summed E-state index contributed by atoms with van der Waals surface area (Å²) < 4.78 is 63.2. The summed E-state index contributed by atoms with van der Waals surface area (Å²) >= 11 is 0. The molecule has 4 aromatic rings. The highest BCUT2D eigenvalue weighted by molar-refractivity contribution is 6.02. The highest BCUT2D eigenvalue weighted by atomic mass is 19.2. The van der Waals surface area contributed by atoms with Crippen LogP contribution in [0.5, 0.6) is 5.75 Å². The Morgan fingerprint density at radius 1 is 1.08 bits per heavy atom. The number of aromatic hydroxyl groups is 1. The van der Waals surface area contributed by atoms with Gasteiger partial charge in [0.1, 0.15) is 23.5 Å². The molecule has 1 aliphatic rings. The minimum atomic E-state index is -1.32. The molecule has 2 heterocycles. The number of aromatic nitrogens is 1. The first-order valence-corrected chi connectivity index (χ1v) is 11.8. The van der Waals surface area contributed by atoms with Crippen molar-refractivity contribution in [3.8, 4) is 34.1 Å². The van der Waals surface area contributed by atoms with Crippen molar-refractivity contribution in [2.45, 2.75) is 18.6 Å². The van der Waals surface area contributed by atoms with Crippen molar-refractivity contribution in [2.24, 2.45) is 5.73 Å². The molecule has 3 aromatic carbocycles. The number of halogens is 4. The fourth-order valence-corrected chi connectivity index (χ4v) is 4.95. The molecule has 0 aliphatic carbocycles. The fourth-order valence-electron chi connectivity index (χ4n) is 4.95. The third-order valence-electron chi connectivity index (χ3n) is 6.84. The van der Waals surface area contributed by atoms with Gasteiger partial charge >= 0.3 is 0 Å². The number of nitrogens with two attached hydrogens (primary N) is 1. The van der Waals surface area contributed by atoms with E-state index in [-0.39, 0.29) is 23.3 Å². The summed E-state index contributed by atoms with van der Waals surface area (Å²) in [5.74, 6) is -4.85. The Kier molecular flexibility index (Phi) is 6.65. The SMILES string of the molecule is COC1CN(c2c(-c3cc(F)cc(F)c3)cnc3ccc(-c4c(O)c(C#N)cc(F)c4F)cc23)CCC1N. The van der Waals surface area contributed by atoms with Crippen molar-refractivity contribution in [3.05, 3.63) is 77.5 Å². The van der Waals surface area contributed by atoms with E-state index in [0.29, 0.717) is 47.7 Å². The second-order valence-corrected chi connectivity index (χ2v) is 9.14. The number of phenolic OH excluding ortho intramolecular Hbond substituents is 1. The number of nitriles is 1. The van der Waals surface area contributed by atoms with Crippen molar-refractivity contribution >= 4 is 16.6 Å². The highest BCUT2D eigenvalue weighted by Crippen LogP contribution is 2.42. The van der Waals surface area contributed by atoms with E-state index in [2.05, 4.69) is 4.98 Å². The number of benzene rings is 3. The normalized spacial score (nSPS) is 17.6. The Labute approximate surface area is 215 Å². The molecule has 38 heavy (non-hydrogen) atoms. The standard InChI is InChI=1S/C28H22F4N4O2/c1-38-24-13-36(5-4-22(24)34)27-19-8-14(25-26(32)21(31)9-16(11-33)28(25)37)2-3-23(19)35-12-20(27)15-6-17(29)10-18(30)7-15/h2-3,6-10,12,22,24,37H,4-5,13,34H2,1H3. The zero-order chi connectivity index (χ0) is 27.1. The molecule has 2 unspecified atom stereocenters. The van der Waals surface area contributed by atoms with Gasteiger partial charge in [0.25, 0.3) is 0 Å². The Morgan fingerprint density at radius 2 is 1.82 bits per heavy atom. The van der Waals surface area contributed by atoms with Crippen LogP contribution in [-0.2, 0) is 4.74 Å². The van der Waals surface area contributed by atoms with Crippen LogP contribution in [0, 0.1) is 34.6 Å². The molecular weight excluding hydrogens is 500 g/mol. The molecule has 1 saturated heterocycles. The lowest BCUT2D eigenvalue weighted by atomic mass is 9.94. The number of hydrogen-bond donors (Lipinski definition) is 2. The highest BCUT2D eigenvalue weighted by Gasteiger charge is 2.30. The maximum atomic E-state index is 14.9. The van der Waals surface area contributed by atoms with Crippen LogP contribution in [0.3, 0.4) is 0 Å². The molecule has 0 radical (unpaired) electrons. The minimum absolute atomic E-state index is 0.0890. The number of piperidine rings is 1. The number of ether oxygens (including phenoxy) is 1.